The molecular weight excluding hydrogens is 302 g/mol. The molecule has 1 atom stereocenters. The van der Waals surface area contributed by atoms with Crippen molar-refractivity contribution in [3.05, 3.63) is 48.2 Å². The lowest BCUT2D eigenvalue weighted by atomic mass is 10.2. The van der Waals surface area contributed by atoms with Crippen LogP contribution in [-0.4, -0.2) is 36.6 Å². The number of sulfone groups is 1. The van der Waals surface area contributed by atoms with Crippen molar-refractivity contribution in [3.63, 3.8) is 0 Å². The highest BCUT2D eigenvalue weighted by Crippen LogP contribution is 2.23. The molecule has 1 saturated heterocycles. The molecule has 2 heterocycles. The van der Waals surface area contributed by atoms with Crippen LogP contribution in [0, 0.1) is 0 Å². The molecule has 0 N–H and O–H groups in total. The van der Waals surface area contributed by atoms with Crippen LogP contribution in [-0.2, 0) is 21.6 Å². The second-order valence-corrected chi connectivity index (χ2v) is 7.69. The molecular formula is C16H17NO4S. The molecule has 1 aliphatic heterocycles. The zero-order valence-corrected chi connectivity index (χ0v) is 13.0. The van der Waals surface area contributed by atoms with E-state index in [-0.39, 0.29) is 11.5 Å². The van der Waals surface area contributed by atoms with Crippen molar-refractivity contribution in [3.8, 4) is 11.3 Å². The second kappa shape index (κ2) is 5.61. The number of carbonyl (C=O) groups is 1. The average molecular weight is 319 g/mol. The Bertz CT molecular complexity index is 793. The van der Waals surface area contributed by atoms with Gasteiger partial charge in [0.15, 0.2) is 9.84 Å². The Hall–Kier alpha value is -2.08. The van der Waals surface area contributed by atoms with Gasteiger partial charge in [0.2, 0.25) is 0 Å². The summed E-state index contributed by atoms with van der Waals surface area (Å²) in [6, 6.07) is 13.3. The molecule has 1 fully saturated rings. The fourth-order valence-corrected chi connectivity index (χ4v) is 4.27. The zero-order chi connectivity index (χ0) is 15.7. The maximum absolute atomic E-state index is 12.2. The Kier molecular flexibility index (Phi) is 3.78. The van der Waals surface area contributed by atoms with E-state index < -0.39 is 21.9 Å². The lowest BCUT2D eigenvalue weighted by Gasteiger charge is -2.12. The topological polar surface area (TPSA) is 65.4 Å². The van der Waals surface area contributed by atoms with E-state index in [2.05, 4.69) is 0 Å². The van der Waals surface area contributed by atoms with Gasteiger partial charge in [-0.05, 0) is 24.1 Å². The van der Waals surface area contributed by atoms with Gasteiger partial charge >= 0.3 is 5.97 Å². The highest BCUT2D eigenvalue weighted by molar-refractivity contribution is 7.91. The SMILES string of the molecule is Cn1c(C(=O)O[C@H]2CCS(=O)(=O)C2)ccc1-c1ccccc1. The second-order valence-electron chi connectivity index (χ2n) is 5.46. The molecule has 5 nitrogen and oxygen atoms in total. The molecule has 22 heavy (non-hydrogen) atoms. The summed E-state index contributed by atoms with van der Waals surface area (Å²) in [6.07, 6.45) is -0.156. The summed E-state index contributed by atoms with van der Waals surface area (Å²) in [5.74, 6) is -0.464. The van der Waals surface area contributed by atoms with E-state index in [1.54, 1.807) is 17.7 Å². The van der Waals surface area contributed by atoms with Gasteiger partial charge in [0, 0.05) is 12.7 Å². The number of hydrogen-bond acceptors (Lipinski definition) is 4. The van der Waals surface area contributed by atoms with Crippen molar-refractivity contribution < 1.29 is 17.9 Å². The van der Waals surface area contributed by atoms with Crippen LogP contribution >= 0.6 is 0 Å². The number of esters is 1. The first-order valence-electron chi connectivity index (χ1n) is 7.09. The van der Waals surface area contributed by atoms with Gasteiger partial charge in [-0.15, -0.1) is 0 Å². The number of hydrogen-bond donors (Lipinski definition) is 0. The Labute approximate surface area is 129 Å². The van der Waals surface area contributed by atoms with Gasteiger partial charge in [0.25, 0.3) is 0 Å². The predicted octanol–water partition coefficient (Wildman–Crippen LogP) is 2.04. The third kappa shape index (κ3) is 2.92. The number of ether oxygens (including phenoxy) is 1. The monoisotopic (exact) mass is 319 g/mol. The molecule has 0 amide bonds. The highest BCUT2D eigenvalue weighted by Gasteiger charge is 2.31. The van der Waals surface area contributed by atoms with Crippen LogP contribution in [0.15, 0.2) is 42.5 Å². The van der Waals surface area contributed by atoms with Crippen molar-refractivity contribution in [2.75, 3.05) is 11.5 Å². The summed E-state index contributed by atoms with van der Waals surface area (Å²) in [5, 5.41) is 0. The van der Waals surface area contributed by atoms with E-state index in [1.807, 2.05) is 36.4 Å². The van der Waals surface area contributed by atoms with E-state index >= 15 is 0 Å². The van der Waals surface area contributed by atoms with E-state index in [9.17, 15) is 13.2 Å². The molecule has 1 aliphatic rings. The van der Waals surface area contributed by atoms with Crippen LogP contribution in [0.3, 0.4) is 0 Å². The van der Waals surface area contributed by atoms with E-state index in [0.29, 0.717) is 12.1 Å². The highest BCUT2D eigenvalue weighted by atomic mass is 32.2. The van der Waals surface area contributed by atoms with Crippen LogP contribution < -0.4 is 0 Å². The molecule has 6 heteroatoms. The summed E-state index contributed by atoms with van der Waals surface area (Å²) in [6.45, 7) is 0. The Balaban J connectivity index is 1.78. The number of benzene rings is 1. The normalized spacial score (nSPS) is 20.0. The van der Waals surface area contributed by atoms with Gasteiger partial charge in [0.1, 0.15) is 11.8 Å². The fraction of sp³-hybridized carbons (Fsp3) is 0.312. The maximum atomic E-state index is 12.2. The van der Waals surface area contributed by atoms with Gasteiger partial charge in [0.05, 0.1) is 11.5 Å². The molecule has 2 aromatic rings. The van der Waals surface area contributed by atoms with E-state index in [1.165, 1.54) is 0 Å². The van der Waals surface area contributed by atoms with Gasteiger partial charge in [-0.25, -0.2) is 13.2 Å². The molecule has 0 radical (unpaired) electrons. The molecule has 116 valence electrons. The maximum Gasteiger partial charge on any atom is 0.355 e. The summed E-state index contributed by atoms with van der Waals surface area (Å²) < 4.78 is 29.9. The third-order valence-corrected chi connectivity index (χ3v) is 5.60. The van der Waals surface area contributed by atoms with Crippen molar-refractivity contribution >= 4 is 15.8 Å². The van der Waals surface area contributed by atoms with Gasteiger partial charge in [-0.2, -0.15) is 0 Å². The molecule has 0 saturated carbocycles. The summed E-state index contributed by atoms with van der Waals surface area (Å²) in [5.41, 5.74) is 2.34. The van der Waals surface area contributed by atoms with Crippen molar-refractivity contribution in [2.24, 2.45) is 7.05 Å². The van der Waals surface area contributed by atoms with E-state index in [4.69, 9.17) is 4.74 Å². The standard InChI is InChI=1S/C16H17NO4S/c1-17-14(12-5-3-2-4-6-12)7-8-15(17)16(18)21-13-9-10-22(19,20)11-13/h2-8,13H,9-11H2,1H3/t13-/m0/s1. The smallest absolute Gasteiger partial charge is 0.355 e. The van der Waals surface area contributed by atoms with Gasteiger partial charge < -0.3 is 9.30 Å². The summed E-state index contributed by atoms with van der Waals surface area (Å²) in [7, 11) is -1.26. The van der Waals surface area contributed by atoms with Crippen molar-refractivity contribution in [2.45, 2.75) is 12.5 Å². The molecule has 1 aromatic carbocycles. The van der Waals surface area contributed by atoms with Gasteiger partial charge in [-0.3, -0.25) is 0 Å². The molecule has 3 rings (SSSR count). The van der Waals surface area contributed by atoms with Crippen LogP contribution in [0.1, 0.15) is 16.9 Å². The Morgan fingerprint density at radius 2 is 1.91 bits per heavy atom. The fourth-order valence-electron chi connectivity index (χ4n) is 2.68. The summed E-state index contributed by atoms with van der Waals surface area (Å²) >= 11 is 0. The van der Waals surface area contributed by atoms with Crippen molar-refractivity contribution in [1.29, 1.82) is 0 Å². The molecule has 0 unspecified atom stereocenters. The molecule has 0 spiro atoms. The first kappa shape index (κ1) is 14.8. The number of carbonyl (C=O) groups excluding carboxylic acids is 1. The van der Waals surface area contributed by atoms with Gasteiger partial charge in [-0.1, -0.05) is 30.3 Å². The number of nitrogens with zero attached hydrogens (tertiary/aromatic N) is 1. The molecule has 0 bridgehead atoms. The van der Waals surface area contributed by atoms with Crippen LogP contribution in [0.2, 0.25) is 0 Å². The van der Waals surface area contributed by atoms with Crippen LogP contribution in [0.25, 0.3) is 11.3 Å². The zero-order valence-electron chi connectivity index (χ0n) is 12.2. The Morgan fingerprint density at radius 3 is 2.55 bits per heavy atom. The minimum atomic E-state index is -3.06. The number of rotatable bonds is 3. The predicted molar refractivity (Wildman–Crippen MR) is 83.3 cm³/mol. The van der Waals surface area contributed by atoms with Crippen LogP contribution in [0.4, 0.5) is 0 Å². The quantitative estimate of drug-likeness (QED) is 0.812. The lowest BCUT2D eigenvalue weighted by molar-refractivity contribution is 0.0345. The largest absolute Gasteiger partial charge is 0.457 e. The molecule has 0 aliphatic carbocycles. The number of aromatic nitrogens is 1. The first-order chi connectivity index (χ1) is 10.5. The molecule has 1 aromatic heterocycles. The Morgan fingerprint density at radius 1 is 1.18 bits per heavy atom. The minimum Gasteiger partial charge on any atom is -0.457 e. The van der Waals surface area contributed by atoms with Crippen molar-refractivity contribution in [1.82, 2.24) is 4.57 Å². The average Bonchev–Trinajstić information content (AvgIpc) is 3.02. The van der Waals surface area contributed by atoms with E-state index in [0.717, 1.165) is 11.3 Å². The third-order valence-electron chi connectivity index (χ3n) is 3.86. The van der Waals surface area contributed by atoms with Crippen LogP contribution in [0.5, 0.6) is 0 Å². The summed E-state index contributed by atoms with van der Waals surface area (Å²) in [4.78, 5) is 12.2. The first-order valence-corrected chi connectivity index (χ1v) is 8.91. The lowest BCUT2D eigenvalue weighted by Crippen LogP contribution is -2.21. The minimum absolute atomic E-state index is 0.0747.